The van der Waals surface area contributed by atoms with E-state index in [4.69, 9.17) is 0 Å². The molecule has 0 saturated carbocycles. The molecule has 2 fully saturated rings. The van der Waals surface area contributed by atoms with Gasteiger partial charge in [-0.3, -0.25) is 24.6 Å². The van der Waals surface area contributed by atoms with Crippen LogP contribution < -0.4 is 15.5 Å². The molecule has 1 atom stereocenters. The van der Waals surface area contributed by atoms with E-state index in [1.807, 2.05) is 13.1 Å². The molecule has 8 nitrogen and oxygen atoms in total. The van der Waals surface area contributed by atoms with Crippen LogP contribution in [-0.4, -0.2) is 58.8 Å². The molecule has 3 heterocycles. The largest absolute Gasteiger partial charge is 0.329 e. The number of aryl methyl sites for hydroxylation is 1. The summed E-state index contributed by atoms with van der Waals surface area (Å²) in [5, 5.41) is 11.3. The van der Waals surface area contributed by atoms with Crippen LogP contribution in [0, 0.1) is 0 Å². The predicted octanol–water partition coefficient (Wildman–Crippen LogP) is 0.813. The summed E-state index contributed by atoms with van der Waals surface area (Å²) in [7, 11) is 1.83. The van der Waals surface area contributed by atoms with E-state index >= 15 is 0 Å². The Morgan fingerprint density at radius 3 is 2.88 bits per heavy atom. The number of rotatable bonds is 3. The molecule has 2 saturated heterocycles. The fraction of sp³-hybridized carbons (Fsp3) is 0.500. The monoisotopic (exact) mass is 356 g/mol. The highest BCUT2D eigenvalue weighted by Crippen LogP contribution is 2.28. The minimum Gasteiger partial charge on any atom is -0.312 e. The van der Waals surface area contributed by atoms with E-state index in [1.54, 1.807) is 9.58 Å². The summed E-state index contributed by atoms with van der Waals surface area (Å²) in [4.78, 5) is 27.6. The first-order chi connectivity index (χ1) is 12.5. The van der Waals surface area contributed by atoms with Gasteiger partial charge in [0.2, 0.25) is 5.91 Å². The Hall–Kier alpha value is -2.45. The molecule has 3 amide bonds. The van der Waals surface area contributed by atoms with E-state index in [2.05, 4.69) is 39.7 Å². The number of piperazine rings is 1. The zero-order chi connectivity index (χ0) is 18.3. The van der Waals surface area contributed by atoms with E-state index in [1.165, 1.54) is 5.56 Å². The Morgan fingerprint density at radius 1 is 1.27 bits per heavy atom. The van der Waals surface area contributed by atoms with Gasteiger partial charge in [0.25, 0.3) is 0 Å². The van der Waals surface area contributed by atoms with E-state index in [0.29, 0.717) is 19.0 Å². The normalized spacial score (nSPS) is 22.1. The van der Waals surface area contributed by atoms with E-state index in [9.17, 15) is 9.59 Å². The van der Waals surface area contributed by atoms with Crippen LogP contribution in [0.2, 0.25) is 0 Å². The van der Waals surface area contributed by atoms with Gasteiger partial charge in [0, 0.05) is 57.6 Å². The molecule has 0 aliphatic carbocycles. The molecule has 0 spiro atoms. The smallest absolute Gasteiger partial charge is 0.312 e. The van der Waals surface area contributed by atoms with Crippen LogP contribution in [0.5, 0.6) is 0 Å². The highest BCUT2D eigenvalue weighted by molar-refractivity contribution is 6.08. The van der Waals surface area contributed by atoms with Crippen LogP contribution in [0.4, 0.5) is 10.6 Å². The first-order valence-corrected chi connectivity index (χ1v) is 9.04. The number of hydrogen-bond donors (Lipinski definition) is 2. The summed E-state index contributed by atoms with van der Waals surface area (Å²) in [5.74, 6) is 0.498. The lowest BCUT2D eigenvalue weighted by Crippen LogP contribution is -2.50. The van der Waals surface area contributed by atoms with Crippen LogP contribution >= 0.6 is 0 Å². The second-order valence-corrected chi connectivity index (χ2v) is 7.14. The van der Waals surface area contributed by atoms with Gasteiger partial charge in [-0.05, 0) is 24.6 Å². The second-order valence-electron chi connectivity index (χ2n) is 7.14. The summed E-state index contributed by atoms with van der Waals surface area (Å²) in [6.07, 6.45) is 0.303. The van der Waals surface area contributed by atoms with Gasteiger partial charge in [0.1, 0.15) is 5.82 Å². The SMILES string of the molecule is C[C@H]1CN(Cc2ccc3c(N4CCC(=O)NC4=O)n(C)nc3c2)CCN1. The number of benzene rings is 1. The summed E-state index contributed by atoms with van der Waals surface area (Å²) in [6.45, 7) is 6.56. The summed E-state index contributed by atoms with van der Waals surface area (Å²) in [5.41, 5.74) is 2.09. The number of anilines is 1. The third-order valence-electron chi connectivity index (χ3n) is 5.04. The van der Waals surface area contributed by atoms with Crippen molar-refractivity contribution in [3.8, 4) is 0 Å². The minimum atomic E-state index is -0.384. The van der Waals surface area contributed by atoms with Gasteiger partial charge in [-0.15, -0.1) is 0 Å². The van der Waals surface area contributed by atoms with Gasteiger partial charge in [0.15, 0.2) is 0 Å². The molecule has 1 aromatic heterocycles. The minimum absolute atomic E-state index is 0.231. The standard InChI is InChI=1S/C18H24N6O2/c1-12-10-23(8-6-19-12)11-13-3-4-14-15(9-13)21-22(2)17(14)24-7-5-16(25)20-18(24)26/h3-4,9,12,19H,5-8,10-11H2,1-2H3,(H,20,25,26)/t12-/m0/s1. The molecular weight excluding hydrogens is 332 g/mol. The van der Waals surface area contributed by atoms with Crippen molar-refractivity contribution in [2.45, 2.75) is 25.9 Å². The molecule has 2 N–H and O–H groups in total. The van der Waals surface area contributed by atoms with Crippen molar-refractivity contribution in [3.05, 3.63) is 23.8 Å². The summed E-state index contributed by atoms with van der Waals surface area (Å²) < 4.78 is 1.72. The van der Waals surface area contributed by atoms with Crippen molar-refractivity contribution in [3.63, 3.8) is 0 Å². The molecule has 2 aliphatic rings. The van der Waals surface area contributed by atoms with Crippen LogP contribution in [0.15, 0.2) is 18.2 Å². The maximum atomic E-state index is 12.2. The Labute approximate surface area is 152 Å². The number of carbonyl (C=O) groups is 2. The highest BCUT2D eigenvalue weighted by Gasteiger charge is 2.28. The lowest BCUT2D eigenvalue weighted by Gasteiger charge is -2.31. The highest BCUT2D eigenvalue weighted by atomic mass is 16.2. The van der Waals surface area contributed by atoms with E-state index in [0.717, 1.165) is 42.9 Å². The average Bonchev–Trinajstić information content (AvgIpc) is 2.90. The molecule has 0 radical (unpaired) electrons. The maximum absolute atomic E-state index is 12.2. The van der Waals surface area contributed by atoms with Crippen LogP contribution in [0.3, 0.4) is 0 Å². The fourth-order valence-corrected chi connectivity index (χ4v) is 3.83. The number of carbonyl (C=O) groups excluding carboxylic acids is 2. The molecule has 2 aromatic rings. The number of fused-ring (bicyclic) bond motifs is 1. The molecule has 26 heavy (non-hydrogen) atoms. The van der Waals surface area contributed by atoms with Gasteiger partial charge < -0.3 is 5.32 Å². The fourth-order valence-electron chi connectivity index (χ4n) is 3.83. The third-order valence-corrected chi connectivity index (χ3v) is 5.04. The Kier molecular flexibility index (Phi) is 4.37. The quantitative estimate of drug-likeness (QED) is 0.851. The summed E-state index contributed by atoms with van der Waals surface area (Å²) in [6, 6.07) is 6.35. The molecule has 0 bridgehead atoms. The van der Waals surface area contributed by atoms with Crippen LogP contribution in [0.1, 0.15) is 18.9 Å². The second kappa shape index (κ2) is 6.69. The van der Waals surface area contributed by atoms with Gasteiger partial charge >= 0.3 is 6.03 Å². The lowest BCUT2D eigenvalue weighted by atomic mass is 10.1. The number of hydrogen-bond acceptors (Lipinski definition) is 5. The number of nitrogens with zero attached hydrogens (tertiary/aromatic N) is 4. The third kappa shape index (κ3) is 3.17. The van der Waals surface area contributed by atoms with Crippen molar-refractivity contribution in [1.82, 2.24) is 25.3 Å². The molecule has 4 rings (SSSR count). The van der Waals surface area contributed by atoms with Crippen molar-refractivity contribution < 1.29 is 9.59 Å². The maximum Gasteiger partial charge on any atom is 0.329 e. The predicted molar refractivity (Wildman–Crippen MR) is 99.0 cm³/mol. The Balaban J connectivity index is 1.60. The van der Waals surface area contributed by atoms with E-state index in [-0.39, 0.29) is 11.9 Å². The first-order valence-electron chi connectivity index (χ1n) is 9.04. The number of urea groups is 1. The number of amides is 3. The van der Waals surface area contributed by atoms with Gasteiger partial charge in [0.05, 0.1) is 5.52 Å². The Bertz CT molecular complexity index is 861. The molecular formula is C18H24N6O2. The van der Waals surface area contributed by atoms with Crippen molar-refractivity contribution in [1.29, 1.82) is 0 Å². The number of nitrogens with one attached hydrogen (secondary N) is 2. The van der Waals surface area contributed by atoms with Crippen LogP contribution in [-0.2, 0) is 18.4 Å². The number of aromatic nitrogens is 2. The van der Waals surface area contributed by atoms with Crippen molar-refractivity contribution >= 4 is 28.7 Å². The molecule has 8 heteroatoms. The number of imide groups is 1. The average molecular weight is 356 g/mol. The molecule has 138 valence electrons. The topological polar surface area (TPSA) is 82.5 Å². The van der Waals surface area contributed by atoms with Crippen LogP contribution in [0.25, 0.3) is 10.9 Å². The summed E-state index contributed by atoms with van der Waals surface area (Å²) >= 11 is 0. The van der Waals surface area contributed by atoms with Crippen molar-refractivity contribution in [2.75, 3.05) is 31.1 Å². The zero-order valence-corrected chi connectivity index (χ0v) is 15.2. The molecule has 2 aliphatic heterocycles. The molecule has 0 unspecified atom stereocenters. The van der Waals surface area contributed by atoms with Gasteiger partial charge in [-0.25, -0.2) is 4.79 Å². The van der Waals surface area contributed by atoms with Gasteiger partial charge in [-0.1, -0.05) is 6.07 Å². The molecule has 1 aromatic carbocycles. The Morgan fingerprint density at radius 2 is 2.12 bits per heavy atom. The first kappa shape index (κ1) is 17.0. The van der Waals surface area contributed by atoms with Crippen molar-refractivity contribution in [2.24, 2.45) is 7.05 Å². The van der Waals surface area contributed by atoms with Gasteiger partial charge in [-0.2, -0.15) is 5.10 Å². The lowest BCUT2D eigenvalue weighted by molar-refractivity contribution is -0.120. The zero-order valence-electron chi connectivity index (χ0n) is 15.2. The van der Waals surface area contributed by atoms with E-state index < -0.39 is 0 Å².